The summed E-state index contributed by atoms with van der Waals surface area (Å²) < 4.78 is 28.5. The van der Waals surface area contributed by atoms with Gasteiger partial charge in [0, 0.05) is 19.3 Å². The number of aliphatic hydroxyl groups is 2. The molecule has 6 atom stereocenters. The lowest BCUT2D eigenvalue weighted by Crippen LogP contribution is -2.61. The molecule has 1 heterocycles. The van der Waals surface area contributed by atoms with Crippen LogP contribution < -0.4 is 0 Å². The molecule has 1 rings (SSSR count). The van der Waals surface area contributed by atoms with E-state index in [-0.39, 0.29) is 25.9 Å². The van der Waals surface area contributed by atoms with Crippen molar-refractivity contribution in [2.75, 3.05) is 13.2 Å². The van der Waals surface area contributed by atoms with Gasteiger partial charge in [-0.2, -0.15) is 0 Å². The van der Waals surface area contributed by atoms with Gasteiger partial charge in [0.05, 0.1) is 6.61 Å². The second-order valence-corrected chi connectivity index (χ2v) is 22.0. The number of hydrogen-bond acceptors (Lipinski definition) is 11. The van der Waals surface area contributed by atoms with Crippen LogP contribution >= 0.6 is 0 Å². The van der Waals surface area contributed by atoms with Gasteiger partial charge >= 0.3 is 23.9 Å². The van der Waals surface area contributed by atoms with Gasteiger partial charge in [0.2, 0.25) is 0 Å². The summed E-state index contributed by atoms with van der Waals surface area (Å²) in [6, 6.07) is 0. The lowest BCUT2D eigenvalue weighted by atomic mass is 9.98. The predicted molar refractivity (Wildman–Crippen MR) is 322 cm³/mol. The standard InChI is InChI=1S/C67H116O12/c1-4-7-10-13-16-19-22-25-27-29-30-32-33-36-38-41-44-47-50-53-59(68)75-56-58(77-60(69)54-51-48-45-42-39-35-24-21-18-15-12-9-6-3)57-76-67-65(63(72)62(71)64(79-67)66(73)74)78-61(70)55-52-49-46-43-40-37-34-31-28-26-23-20-17-14-11-8-5-2/h9,12,18,21,25-28,35,39,58,62-65,67,71-72H,4-8,10-11,13-17,19-20,22-24,29-34,36-38,40-57H2,1-3H3,(H,73,74)/b12-9-,21-18-,27-25-,28-26-,39-35-. The van der Waals surface area contributed by atoms with Crippen LogP contribution in [0.25, 0.3) is 0 Å². The number of esters is 3. The molecule has 0 aliphatic carbocycles. The van der Waals surface area contributed by atoms with Crippen LogP contribution in [0.3, 0.4) is 0 Å². The second kappa shape index (κ2) is 55.0. The Bertz CT molecular complexity index is 1600. The van der Waals surface area contributed by atoms with E-state index in [0.717, 1.165) is 89.9 Å². The maximum atomic E-state index is 13.2. The highest BCUT2D eigenvalue weighted by atomic mass is 16.7. The highest BCUT2D eigenvalue weighted by Crippen LogP contribution is 2.27. The average Bonchev–Trinajstić information content (AvgIpc) is 3.44. The van der Waals surface area contributed by atoms with Gasteiger partial charge in [-0.1, -0.05) is 229 Å². The molecule has 0 aromatic rings. The molecule has 0 radical (unpaired) electrons. The van der Waals surface area contributed by atoms with Crippen molar-refractivity contribution in [1.29, 1.82) is 0 Å². The third-order valence-electron chi connectivity index (χ3n) is 14.5. The second-order valence-electron chi connectivity index (χ2n) is 22.0. The fourth-order valence-electron chi connectivity index (χ4n) is 9.61. The van der Waals surface area contributed by atoms with Gasteiger partial charge in [-0.3, -0.25) is 14.4 Å². The van der Waals surface area contributed by atoms with Gasteiger partial charge in [0.15, 0.2) is 24.6 Å². The van der Waals surface area contributed by atoms with Crippen molar-refractivity contribution in [2.24, 2.45) is 0 Å². The molecule has 1 aliphatic rings. The molecule has 456 valence electrons. The predicted octanol–water partition coefficient (Wildman–Crippen LogP) is 17.1. The van der Waals surface area contributed by atoms with E-state index in [9.17, 15) is 34.5 Å². The molecule has 0 bridgehead atoms. The van der Waals surface area contributed by atoms with Gasteiger partial charge < -0.3 is 39.0 Å². The number of unbranched alkanes of at least 4 members (excludes halogenated alkanes) is 31. The lowest BCUT2D eigenvalue weighted by molar-refractivity contribution is -0.301. The minimum Gasteiger partial charge on any atom is -0.479 e. The van der Waals surface area contributed by atoms with Crippen molar-refractivity contribution in [3.05, 3.63) is 60.8 Å². The molecule has 0 saturated carbocycles. The van der Waals surface area contributed by atoms with Crippen LogP contribution in [0.5, 0.6) is 0 Å². The molecule has 12 heteroatoms. The summed E-state index contributed by atoms with van der Waals surface area (Å²) in [5, 5.41) is 31.6. The van der Waals surface area contributed by atoms with Gasteiger partial charge in [-0.25, -0.2) is 4.79 Å². The summed E-state index contributed by atoms with van der Waals surface area (Å²) in [7, 11) is 0. The van der Waals surface area contributed by atoms with Crippen LogP contribution in [0.15, 0.2) is 60.8 Å². The van der Waals surface area contributed by atoms with Crippen molar-refractivity contribution in [1.82, 2.24) is 0 Å². The summed E-state index contributed by atoms with van der Waals surface area (Å²) in [6.45, 7) is 5.87. The van der Waals surface area contributed by atoms with E-state index in [1.807, 2.05) is 0 Å². The van der Waals surface area contributed by atoms with Gasteiger partial charge in [-0.15, -0.1) is 0 Å². The molecular weight excluding hydrogens is 997 g/mol. The van der Waals surface area contributed by atoms with E-state index < -0.39 is 67.3 Å². The Hall–Kier alpha value is -3.58. The highest BCUT2D eigenvalue weighted by Gasteiger charge is 2.50. The number of rotatable bonds is 55. The van der Waals surface area contributed by atoms with Crippen LogP contribution in [-0.2, 0) is 42.9 Å². The lowest BCUT2D eigenvalue weighted by Gasteiger charge is -2.40. The maximum absolute atomic E-state index is 13.2. The van der Waals surface area contributed by atoms with E-state index >= 15 is 0 Å². The number of hydrogen-bond donors (Lipinski definition) is 3. The summed E-state index contributed by atoms with van der Waals surface area (Å²) in [6.07, 6.45) is 56.2. The minimum atomic E-state index is -1.91. The Kier molecular flexibility index (Phi) is 51.1. The van der Waals surface area contributed by atoms with Crippen molar-refractivity contribution in [2.45, 2.75) is 327 Å². The van der Waals surface area contributed by atoms with Gasteiger partial charge in [0.25, 0.3) is 0 Å². The first-order chi connectivity index (χ1) is 38.6. The first-order valence-corrected chi connectivity index (χ1v) is 32.3. The molecule has 0 aromatic heterocycles. The molecule has 12 nitrogen and oxygen atoms in total. The normalized spacial score (nSPS) is 18.2. The fourth-order valence-corrected chi connectivity index (χ4v) is 9.61. The van der Waals surface area contributed by atoms with E-state index in [1.54, 1.807) is 0 Å². The molecule has 0 aromatic carbocycles. The van der Waals surface area contributed by atoms with E-state index in [2.05, 4.69) is 81.5 Å². The minimum absolute atomic E-state index is 0.0521. The molecule has 0 spiro atoms. The largest absolute Gasteiger partial charge is 0.479 e. The van der Waals surface area contributed by atoms with Crippen LogP contribution in [0.2, 0.25) is 0 Å². The molecule has 3 N–H and O–H groups in total. The number of carbonyl (C=O) groups excluding carboxylic acids is 3. The average molecular weight is 1110 g/mol. The molecule has 1 saturated heterocycles. The summed E-state index contributed by atoms with van der Waals surface area (Å²) in [4.78, 5) is 51.3. The first kappa shape index (κ1) is 73.4. The van der Waals surface area contributed by atoms with Crippen LogP contribution in [0.1, 0.15) is 290 Å². The Balaban J connectivity index is 2.65. The third-order valence-corrected chi connectivity index (χ3v) is 14.5. The fraction of sp³-hybridized carbons (Fsp3) is 0.791. The van der Waals surface area contributed by atoms with Crippen LogP contribution in [-0.4, -0.2) is 89.2 Å². The maximum Gasteiger partial charge on any atom is 0.335 e. The Labute approximate surface area is 481 Å². The zero-order chi connectivity index (χ0) is 57.5. The Morgan fingerprint density at radius 3 is 1.24 bits per heavy atom. The Morgan fingerprint density at radius 1 is 0.430 bits per heavy atom. The van der Waals surface area contributed by atoms with Crippen LogP contribution in [0, 0.1) is 0 Å². The van der Waals surface area contributed by atoms with Crippen molar-refractivity contribution >= 4 is 23.9 Å². The first-order valence-electron chi connectivity index (χ1n) is 32.3. The van der Waals surface area contributed by atoms with Crippen molar-refractivity contribution in [3.63, 3.8) is 0 Å². The zero-order valence-corrected chi connectivity index (χ0v) is 50.4. The van der Waals surface area contributed by atoms with E-state index in [4.69, 9.17) is 23.7 Å². The number of carboxylic acids is 1. The third kappa shape index (κ3) is 44.7. The number of carbonyl (C=O) groups is 4. The van der Waals surface area contributed by atoms with Gasteiger partial charge in [0.1, 0.15) is 18.8 Å². The highest BCUT2D eigenvalue weighted by molar-refractivity contribution is 5.74. The van der Waals surface area contributed by atoms with E-state index in [0.29, 0.717) is 19.3 Å². The molecule has 79 heavy (non-hydrogen) atoms. The molecule has 1 aliphatic heterocycles. The monoisotopic (exact) mass is 1110 g/mol. The smallest absolute Gasteiger partial charge is 0.335 e. The number of ether oxygens (including phenoxy) is 5. The topological polar surface area (TPSA) is 175 Å². The summed E-state index contributed by atoms with van der Waals surface area (Å²) in [5.41, 5.74) is 0. The SMILES string of the molecule is CC/C=C\C/C=C\C/C=C\CCCCCC(=O)OC(COC(=O)CCCCCCCCCCC/C=C\CCCCCCCC)COC1OC(C(=O)O)C(O)C(O)C1OC(=O)CCCCCCCCC/C=C\CCCCCCCC. The molecule has 0 amide bonds. The van der Waals surface area contributed by atoms with Crippen LogP contribution in [0.4, 0.5) is 0 Å². The van der Waals surface area contributed by atoms with E-state index in [1.165, 1.54) is 141 Å². The molecule has 1 fully saturated rings. The van der Waals surface area contributed by atoms with Crippen molar-refractivity contribution in [3.8, 4) is 0 Å². The van der Waals surface area contributed by atoms with Crippen molar-refractivity contribution < 1.29 is 58.2 Å². The summed E-state index contributed by atoms with van der Waals surface area (Å²) in [5.74, 6) is -3.15. The molecule has 6 unspecified atom stereocenters. The number of carboxylic acid groups (broad SMARTS) is 1. The number of aliphatic hydroxyl groups excluding tert-OH is 2. The van der Waals surface area contributed by atoms with Gasteiger partial charge in [-0.05, 0) is 103 Å². The summed E-state index contributed by atoms with van der Waals surface area (Å²) >= 11 is 0. The molecular formula is C67H116O12. The number of allylic oxidation sites excluding steroid dienone is 10. The quantitative estimate of drug-likeness (QED) is 0.0228. The zero-order valence-electron chi connectivity index (χ0n) is 50.4. The number of aliphatic carboxylic acids is 1. The Morgan fingerprint density at radius 2 is 0.797 bits per heavy atom.